The predicted octanol–water partition coefficient (Wildman–Crippen LogP) is 6.67. The lowest BCUT2D eigenvalue weighted by molar-refractivity contribution is 0.560. The molecular weight excluding hydrogens is 536 g/mol. The number of hydrogen-bond donors (Lipinski definition) is 0. The van der Waals surface area contributed by atoms with Gasteiger partial charge >= 0.3 is 22.5 Å². The number of benzene rings is 5. The molecule has 0 amide bonds. The molecule has 0 N–H and O–H groups in total. The zero-order valence-corrected chi connectivity index (χ0v) is 21.7. The third kappa shape index (κ3) is 4.37. The molecule has 8 bridgehead atoms. The highest BCUT2D eigenvalue weighted by Gasteiger charge is 2.08. The molecule has 0 aliphatic carbocycles. The molecule has 2 aromatic heterocycles. The first-order valence-corrected chi connectivity index (χ1v) is 12.9. The highest BCUT2D eigenvalue weighted by atomic mass is 16.4. The van der Waals surface area contributed by atoms with Crippen LogP contribution in [0, 0.1) is 0 Å². The van der Waals surface area contributed by atoms with Gasteiger partial charge in [0.15, 0.2) is 0 Å². The van der Waals surface area contributed by atoms with E-state index in [9.17, 15) is 19.2 Å². The summed E-state index contributed by atoms with van der Waals surface area (Å²) in [7, 11) is 0. The second kappa shape index (κ2) is 9.87. The Hall–Kier alpha value is -6.02. The Morgan fingerprint density at radius 2 is 0.548 bits per heavy atom. The van der Waals surface area contributed by atoms with Crippen LogP contribution >= 0.6 is 0 Å². The van der Waals surface area contributed by atoms with Crippen molar-refractivity contribution < 1.29 is 17.7 Å². The van der Waals surface area contributed by atoms with Gasteiger partial charge in [-0.2, -0.15) is 0 Å². The van der Waals surface area contributed by atoms with Crippen LogP contribution in [-0.4, -0.2) is 0 Å². The van der Waals surface area contributed by atoms with E-state index in [-0.39, 0.29) is 43.9 Å². The molecule has 0 saturated heterocycles. The Kier molecular flexibility index (Phi) is 5.87. The summed E-state index contributed by atoms with van der Waals surface area (Å²) in [5.74, 6) is 0. The fraction of sp³-hybridized carbons (Fsp3) is 0. The highest BCUT2D eigenvalue weighted by Crippen LogP contribution is 2.27. The molecule has 7 rings (SSSR count). The van der Waals surface area contributed by atoms with Crippen LogP contribution in [-0.2, 0) is 0 Å². The van der Waals surface area contributed by atoms with Crippen molar-refractivity contribution in [2.45, 2.75) is 0 Å². The van der Waals surface area contributed by atoms with Crippen LogP contribution in [0.25, 0.3) is 65.4 Å². The quantitative estimate of drug-likeness (QED) is 0.204. The molecule has 42 heavy (non-hydrogen) atoms. The van der Waals surface area contributed by atoms with Crippen LogP contribution in [0.5, 0.6) is 0 Å². The molecule has 7 aromatic rings. The van der Waals surface area contributed by atoms with Crippen molar-refractivity contribution in [1.82, 2.24) is 0 Å². The van der Waals surface area contributed by atoms with Crippen LogP contribution < -0.4 is 22.5 Å². The van der Waals surface area contributed by atoms with E-state index in [1.807, 2.05) is 0 Å². The van der Waals surface area contributed by atoms with Gasteiger partial charge in [0.25, 0.3) is 0 Å². The molecule has 0 aliphatic rings. The lowest BCUT2D eigenvalue weighted by Gasteiger charge is -2.02. The van der Waals surface area contributed by atoms with Gasteiger partial charge in [-0.05, 0) is 77.5 Å². The van der Waals surface area contributed by atoms with Crippen molar-refractivity contribution >= 4 is 65.4 Å². The summed E-state index contributed by atoms with van der Waals surface area (Å²) in [5, 5.41) is 2.17. The fourth-order valence-corrected chi connectivity index (χ4v) is 4.94. The van der Waals surface area contributed by atoms with Crippen molar-refractivity contribution in [1.29, 1.82) is 0 Å². The number of rotatable bonds is 0. The predicted molar refractivity (Wildman–Crippen MR) is 161 cm³/mol. The van der Waals surface area contributed by atoms with Crippen LogP contribution in [0.1, 0.15) is 0 Å². The maximum atomic E-state index is 13.3. The monoisotopic (exact) mass is 554 g/mol. The first-order valence-electron chi connectivity index (χ1n) is 12.9. The molecule has 0 radical (unpaired) electrons. The van der Waals surface area contributed by atoms with Gasteiger partial charge in [-0.3, -0.25) is 0 Å². The van der Waals surface area contributed by atoms with Gasteiger partial charge in [0.1, 0.15) is 22.3 Å². The lowest BCUT2D eigenvalue weighted by Crippen LogP contribution is -2.00. The molecule has 202 valence electrons. The maximum Gasteiger partial charge on any atom is 0.343 e. The topological polar surface area (TPSA) is 121 Å². The van der Waals surface area contributed by atoms with Crippen molar-refractivity contribution in [3.8, 4) is 0 Å². The maximum absolute atomic E-state index is 13.3. The Morgan fingerprint density at radius 1 is 0.310 bits per heavy atom. The van der Waals surface area contributed by atoms with Gasteiger partial charge in [0, 0.05) is 0 Å². The minimum atomic E-state index is -0.723. The van der Waals surface area contributed by atoms with Gasteiger partial charge in [-0.25, -0.2) is 19.2 Å². The van der Waals surface area contributed by atoms with E-state index in [2.05, 4.69) is 0 Å². The van der Waals surface area contributed by atoms with E-state index in [1.54, 1.807) is 72.8 Å². The molecule has 2 heterocycles. The first-order chi connectivity index (χ1) is 20.4. The normalized spacial score (nSPS) is 11.2. The van der Waals surface area contributed by atoms with Crippen LogP contribution in [0.2, 0.25) is 0 Å². The molecular formula is C34H18O8. The van der Waals surface area contributed by atoms with Crippen LogP contribution in [0.15, 0.2) is 146 Å². The van der Waals surface area contributed by atoms with E-state index in [4.69, 9.17) is 17.7 Å². The Morgan fingerprint density at radius 3 is 0.857 bits per heavy atom. The van der Waals surface area contributed by atoms with Gasteiger partial charge in [-0.15, -0.1) is 0 Å². The van der Waals surface area contributed by atoms with Crippen LogP contribution in [0.3, 0.4) is 0 Å². The first kappa shape index (κ1) is 25.0. The Balaban J connectivity index is 1.94. The second-order valence-electron chi connectivity index (χ2n) is 9.56. The molecule has 0 saturated carbocycles. The SMILES string of the molecule is O=c1oc2cccc3oc(=O)c4cccc(c4)c(=O)oc4cccc(oc(=O)c5cccc1c5)c4c1cccc(c1)c23. The fourth-order valence-electron chi connectivity index (χ4n) is 4.94. The molecule has 0 aliphatic heterocycles. The van der Waals surface area contributed by atoms with Gasteiger partial charge in [-0.1, -0.05) is 42.5 Å². The van der Waals surface area contributed by atoms with E-state index >= 15 is 0 Å². The Labute approximate surface area is 233 Å². The number of fused-ring (bicyclic) bond motifs is 4. The number of hydrogen-bond acceptors (Lipinski definition) is 8. The van der Waals surface area contributed by atoms with Crippen molar-refractivity contribution in [2.24, 2.45) is 0 Å². The average molecular weight is 555 g/mol. The highest BCUT2D eigenvalue weighted by molar-refractivity contribution is 6.09. The summed E-state index contributed by atoms with van der Waals surface area (Å²) >= 11 is 0. The minimum Gasteiger partial charge on any atom is -0.422 e. The van der Waals surface area contributed by atoms with Crippen molar-refractivity contribution in [3.05, 3.63) is 151 Å². The van der Waals surface area contributed by atoms with Gasteiger partial charge in [0.05, 0.1) is 32.3 Å². The van der Waals surface area contributed by atoms with Crippen LogP contribution in [0.4, 0.5) is 0 Å². The molecule has 0 unspecified atom stereocenters. The zero-order valence-electron chi connectivity index (χ0n) is 21.7. The summed E-state index contributed by atoms with van der Waals surface area (Å²) in [6.45, 7) is 0. The zero-order chi connectivity index (χ0) is 28.8. The summed E-state index contributed by atoms with van der Waals surface area (Å²) in [4.78, 5) is 53.1. The standard InChI is InChI=1S/C34H18O8/c35-31-21-8-2-9-22(17-21)32(36)40-26-13-5-15-28-30(26)20-7-1-6-19(16-20)29-25(39-31)12-4-14-27(29)41-33(37)23-10-3-11-24(18-23)34(38)42-28/h1-18H. The van der Waals surface area contributed by atoms with Gasteiger partial charge < -0.3 is 17.7 Å². The summed E-state index contributed by atoms with van der Waals surface area (Å²) < 4.78 is 23.3. The van der Waals surface area contributed by atoms with E-state index in [0.717, 1.165) is 0 Å². The second-order valence-corrected chi connectivity index (χ2v) is 9.56. The molecule has 0 spiro atoms. The van der Waals surface area contributed by atoms with Gasteiger partial charge in [0.2, 0.25) is 0 Å². The van der Waals surface area contributed by atoms with Crippen molar-refractivity contribution in [2.75, 3.05) is 0 Å². The van der Waals surface area contributed by atoms with E-state index < -0.39 is 22.5 Å². The third-order valence-corrected chi connectivity index (χ3v) is 6.89. The molecule has 8 nitrogen and oxygen atoms in total. The third-order valence-electron chi connectivity index (χ3n) is 6.89. The summed E-state index contributed by atoms with van der Waals surface area (Å²) in [6, 6.07) is 28.4. The molecule has 0 atom stereocenters. The van der Waals surface area contributed by atoms with Crippen molar-refractivity contribution in [3.63, 3.8) is 0 Å². The molecule has 8 heteroatoms. The average Bonchev–Trinajstić information content (AvgIpc) is 3.00. The molecule has 0 fully saturated rings. The smallest absolute Gasteiger partial charge is 0.343 e. The summed E-state index contributed by atoms with van der Waals surface area (Å²) in [6.07, 6.45) is 0. The minimum absolute atomic E-state index is 0.109. The van der Waals surface area contributed by atoms with E-state index in [0.29, 0.717) is 21.5 Å². The molecule has 5 aromatic carbocycles. The lowest BCUT2D eigenvalue weighted by atomic mass is 10.1. The summed E-state index contributed by atoms with van der Waals surface area (Å²) in [5.41, 5.74) is -2.36. The Bertz CT molecular complexity index is 2300. The van der Waals surface area contributed by atoms with E-state index in [1.165, 1.54) is 36.4 Å². The largest absolute Gasteiger partial charge is 0.422 e.